The Morgan fingerprint density at radius 3 is 2.50 bits per heavy atom. The minimum atomic E-state index is -3.89. The molecular weight excluding hydrogens is 407 g/mol. The van der Waals surface area contributed by atoms with Crippen molar-refractivity contribution in [2.75, 3.05) is 40.0 Å². The first-order valence-electron chi connectivity index (χ1n) is 8.81. The molecule has 9 heteroatoms. The van der Waals surface area contributed by atoms with E-state index in [0.29, 0.717) is 26.3 Å². The van der Waals surface area contributed by atoms with Crippen LogP contribution in [0.3, 0.4) is 0 Å². The van der Waals surface area contributed by atoms with Crippen LogP contribution in [0.25, 0.3) is 0 Å². The van der Waals surface area contributed by atoms with E-state index in [1.807, 2.05) is 24.3 Å². The fraction of sp³-hybridized carbons (Fsp3) is 0.368. The molecule has 1 atom stereocenters. The summed E-state index contributed by atoms with van der Waals surface area (Å²) in [6, 6.07) is 10.5. The number of ether oxygens (including phenoxy) is 2. The van der Waals surface area contributed by atoms with Crippen molar-refractivity contribution in [3.05, 3.63) is 58.9 Å². The summed E-state index contributed by atoms with van der Waals surface area (Å²) in [7, 11) is -2.30. The summed E-state index contributed by atoms with van der Waals surface area (Å²) in [4.78, 5) is 2.02. The summed E-state index contributed by atoms with van der Waals surface area (Å²) in [6.07, 6.45) is 0. The first-order valence-corrected chi connectivity index (χ1v) is 10.7. The fourth-order valence-electron chi connectivity index (χ4n) is 3.13. The molecule has 1 saturated heterocycles. The normalized spacial score (nSPS) is 16.7. The Balaban J connectivity index is 1.82. The van der Waals surface area contributed by atoms with Crippen LogP contribution in [0.4, 0.5) is 4.39 Å². The van der Waals surface area contributed by atoms with Gasteiger partial charge < -0.3 is 9.47 Å². The van der Waals surface area contributed by atoms with Gasteiger partial charge in [-0.3, -0.25) is 4.90 Å². The molecule has 1 unspecified atom stereocenters. The lowest BCUT2D eigenvalue weighted by molar-refractivity contribution is 0.0172. The van der Waals surface area contributed by atoms with Gasteiger partial charge in [0.15, 0.2) is 0 Å². The molecule has 3 rings (SSSR count). The quantitative estimate of drug-likeness (QED) is 0.734. The SMILES string of the molecule is COc1ccc(C(CNS(=O)(=O)c2ccc(F)cc2Cl)N2CCOCC2)cc1. The number of rotatable bonds is 7. The Morgan fingerprint density at radius 2 is 1.89 bits per heavy atom. The van der Waals surface area contributed by atoms with Crippen molar-refractivity contribution in [2.24, 2.45) is 0 Å². The van der Waals surface area contributed by atoms with Crippen LogP contribution in [-0.2, 0) is 14.8 Å². The summed E-state index contributed by atoms with van der Waals surface area (Å²) in [5.41, 5.74) is 0.954. The van der Waals surface area contributed by atoms with Gasteiger partial charge in [-0.25, -0.2) is 17.5 Å². The van der Waals surface area contributed by atoms with E-state index < -0.39 is 15.8 Å². The van der Waals surface area contributed by atoms with Crippen LogP contribution in [0.5, 0.6) is 5.75 Å². The lowest BCUT2D eigenvalue weighted by atomic mass is 10.0. The minimum Gasteiger partial charge on any atom is -0.497 e. The molecule has 0 radical (unpaired) electrons. The average molecular weight is 429 g/mol. The molecular formula is C19H22ClFN2O4S. The highest BCUT2D eigenvalue weighted by Gasteiger charge is 2.26. The molecule has 152 valence electrons. The fourth-order valence-corrected chi connectivity index (χ4v) is 4.70. The van der Waals surface area contributed by atoms with Crippen LogP contribution in [0.2, 0.25) is 5.02 Å². The zero-order valence-corrected chi connectivity index (χ0v) is 17.0. The summed E-state index contributed by atoms with van der Waals surface area (Å²) >= 11 is 5.93. The third-order valence-electron chi connectivity index (χ3n) is 4.64. The van der Waals surface area contributed by atoms with Crippen molar-refractivity contribution < 1.29 is 22.3 Å². The number of nitrogens with one attached hydrogen (secondary N) is 1. The third-order valence-corrected chi connectivity index (χ3v) is 6.54. The maximum Gasteiger partial charge on any atom is 0.242 e. The van der Waals surface area contributed by atoms with Crippen LogP contribution in [0, 0.1) is 5.82 Å². The third kappa shape index (κ3) is 5.01. The predicted octanol–water partition coefficient (Wildman–Crippen LogP) is 2.84. The average Bonchev–Trinajstić information content (AvgIpc) is 2.69. The Labute approximate surface area is 169 Å². The lowest BCUT2D eigenvalue weighted by Gasteiger charge is -2.35. The van der Waals surface area contributed by atoms with Gasteiger partial charge >= 0.3 is 0 Å². The van der Waals surface area contributed by atoms with Gasteiger partial charge in [0, 0.05) is 25.7 Å². The number of methoxy groups -OCH3 is 1. The second-order valence-corrected chi connectivity index (χ2v) is 8.51. The second kappa shape index (κ2) is 9.19. The zero-order valence-electron chi connectivity index (χ0n) is 15.4. The topological polar surface area (TPSA) is 67.9 Å². The second-order valence-electron chi connectivity index (χ2n) is 6.36. The number of nitrogens with zero attached hydrogens (tertiary/aromatic N) is 1. The number of halogens is 2. The van der Waals surface area contributed by atoms with Gasteiger partial charge in [-0.1, -0.05) is 23.7 Å². The highest BCUT2D eigenvalue weighted by atomic mass is 35.5. The molecule has 6 nitrogen and oxygen atoms in total. The van der Waals surface area contributed by atoms with Crippen molar-refractivity contribution in [3.63, 3.8) is 0 Å². The van der Waals surface area contributed by atoms with Gasteiger partial charge in [0.2, 0.25) is 10.0 Å². The summed E-state index contributed by atoms with van der Waals surface area (Å²) in [5.74, 6) is 0.136. The Bertz CT molecular complexity index is 903. The smallest absolute Gasteiger partial charge is 0.242 e. The maximum atomic E-state index is 13.2. The first kappa shape index (κ1) is 21.0. The van der Waals surface area contributed by atoms with Gasteiger partial charge in [0.05, 0.1) is 25.3 Å². The maximum absolute atomic E-state index is 13.2. The molecule has 2 aromatic rings. The molecule has 0 aromatic heterocycles. The van der Waals surface area contributed by atoms with E-state index in [2.05, 4.69) is 9.62 Å². The number of benzene rings is 2. The van der Waals surface area contributed by atoms with Crippen molar-refractivity contribution in [3.8, 4) is 5.75 Å². The highest BCUT2D eigenvalue weighted by molar-refractivity contribution is 7.89. The van der Waals surface area contributed by atoms with Crippen LogP contribution in [-0.4, -0.2) is 53.3 Å². The minimum absolute atomic E-state index is 0.141. The van der Waals surface area contributed by atoms with Crippen molar-refractivity contribution in [1.82, 2.24) is 9.62 Å². The van der Waals surface area contributed by atoms with E-state index in [9.17, 15) is 12.8 Å². The van der Waals surface area contributed by atoms with Gasteiger partial charge in [-0.05, 0) is 35.9 Å². The van der Waals surface area contributed by atoms with E-state index in [1.165, 1.54) is 0 Å². The molecule has 1 N–H and O–H groups in total. The molecule has 1 aliphatic heterocycles. The van der Waals surface area contributed by atoms with E-state index in [0.717, 1.165) is 29.5 Å². The summed E-state index contributed by atoms with van der Waals surface area (Å²) in [6.45, 7) is 2.69. The molecule has 2 aromatic carbocycles. The predicted molar refractivity (Wildman–Crippen MR) is 105 cm³/mol. The standard InChI is InChI=1S/C19H22ClFN2O4S/c1-26-16-5-2-14(3-6-16)18(23-8-10-27-11-9-23)13-22-28(24,25)19-7-4-15(21)12-17(19)20/h2-7,12,18,22H,8-11,13H2,1H3. The van der Waals surface area contributed by atoms with E-state index in [4.69, 9.17) is 21.1 Å². The molecule has 28 heavy (non-hydrogen) atoms. The van der Waals surface area contributed by atoms with Crippen LogP contribution >= 0.6 is 11.6 Å². The molecule has 0 saturated carbocycles. The summed E-state index contributed by atoms with van der Waals surface area (Å²) < 4.78 is 51.9. The Morgan fingerprint density at radius 1 is 1.21 bits per heavy atom. The monoisotopic (exact) mass is 428 g/mol. The van der Waals surface area contributed by atoms with Crippen molar-refractivity contribution in [2.45, 2.75) is 10.9 Å². The van der Waals surface area contributed by atoms with Crippen LogP contribution in [0.15, 0.2) is 47.4 Å². The molecule has 1 aliphatic rings. The molecule has 1 fully saturated rings. The zero-order chi connectivity index (χ0) is 20.1. The van der Waals surface area contributed by atoms with E-state index in [1.54, 1.807) is 7.11 Å². The van der Waals surface area contributed by atoms with Crippen molar-refractivity contribution >= 4 is 21.6 Å². The van der Waals surface area contributed by atoms with Gasteiger partial charge in [0.25, 0.3) is 0 Å². The number of hydrogen-bond donors (Lipinski definition) is 1. The Kier molecular flexibility index (Phi) is 6.90. The number of morpholine rings is 1. The van der Waals surface area contributed by atoms with E-state index >= 15 is 0 Å². The Hall–Kier alpha value is -1.71. The van der Waals surface area contributed by atoms with Crippen molar-refractivity contribution in [1.29, 1.82) is 0 Å². The molecule has 0 amide bonds. The van der Waals surface area contributed by atoms with Crippen LogP contribution in [0.1, 0.15) is 11.6 Å². The van der Waals surface area contributed by atoms with E-state index in [-0.39, 0.29) is 22.5 Å². The highest BCUT2D eigenvalue weighted by Crippen LogP contribution is 2.26. The number of sulfonamides is 1. The largest absolute Gasteiger partial charge is 0.497 e. The summed E-state index contributed by atoms with van der Waals surface area (Å²) in [5, 5.41) is -0.153. The van der Waals surface area contributed by atoms with Gasteiger partial charge in [-0.2, -0.15) is 0 Å². The molecule has 0 aliphatic carbocycles. The molecule has 0 bridgehead atoms. The lowest BCUT2D eigenvalue weighted by Crippen LogP contribution is -2.43. The van der Waals surface area contributed by atoms with Gasteiger partial charge in [-0.15, -0.1) is 0 Å². The molecule has 1 heterocycles. The first-order chi connectivity index (χ1) is 13.4. The number of hydrogen-bond acceptors (Lipinski definition) is 5. The van der Waals surface area contributed by atoms with Crippen LogP contribution < -0.4 is 9.46 Å². The molecule has 0 spiro atoms. The van der Waals surface area contributed by atoms with Gasteiger partial charge in [0.1, 0.15) is 16.5 Å².